The molecule has 17 heteroatoms. The van der Waals surface area contributed by atoms with Crippen LogP contribution >= 0.6 is 27.0 Å². The van der Waals surface area contributed by atoms with Crippen molar-refractivity contribution >= 4 is 39.0 Å². The Morgan fingerprint density at radius 1 is 1.24 bits per heavy atom. The number of rotatable bonds is 12. The van der Waals surface area contributed by atoms with Crippen LogP contribution in [0.3, 0.4) is 0 Å². The summed E-state index contributed by atoms with van der Waals surface area (Å²) in [5.41, 5.74) is 4.65. The van der Waals surface area contributed by atoms with Gasteiger partial charge in [0.05, 0.1) is 40.9 Å². The number of nitrogens with zero attached hydrogens (tertiary/aromatic N) is 1. The largest absolute Gasteiger partial charge is 0.481 e. The molecule has 2 amide bonds. The first-order valence-electron chi connectivity index (χ1n) is 11.1. The van der Waals surface area contributed by atoms with Gasteiger partial charge in [-0.3, -0.25) is 13.8 Å². The Labute approximate surface area is 216 Å². The van der Waals surface area contributed by atoms with Crippen LogP contribution in [0.4, 0.5) is 4.79 Å². The smallest absolute Gasteiger partial charge is 0.465 e. The molecule has 0 radical (unpaired) electrons. The highest BCUT2D eigenvalue weighted by molar-refractivity contribution is 7.61. The third-order valence-electron chi connectivity index (χ3n) is 5.31. The average molecular weight is 578 g/mol. The van der Waals surface area contributed by atoms with Gasteiger partial charge in [-0.05, 0) is 31.4 Å². The van der Waals surface area contributed by atoms with Crippen molar-refractivity contribution in [2.45, 2.75) is 38.5 Å². The molecule has 2 heterocycles. The topological polar surface area (TPSA) is 206 Å². The number of carbonyl (C=O) groups excluding carboxylic acids is 1. The Morgan fingerprint density at radius 3 is 2.57 bits per heavy atom. The Balaban J connectivity index is 1.47. The highest BCUT2D eigenvalue weighted by atomic mass is 32.1. The summed E-state index contributed by atoms with van der Waals surface area (Å²) >= 11 is 1.55. The molecule has 1 aromatic heterocycles. The van der Waals surface area contributed by atoms with Crippen LogP contribution in [0, 0.1) is 6.92 Å². The number of nitrogens with one attached hydrogen (secondary N) is 3. The van der Waals surface area contributed by atoms with Crippen LogP contribution < -0.4 is 16.0 Å². The van der Waals surface area contributed by atoms with Gasteiger partial charge in [-0.2, -0.15) is 4.31 Å². The summed E-state index contributed by atoms with van der Waals surface area (Å²) in [5.74, 6) is -0.350. The molecule has 1 saturated heterocycles. The Morgan fingerprint density at radius 2 is 1.95 bits per heavy atom. The van der Waals surface area contributed by atoms with Crippen molar-refractivity contribution in [3.05, 3.63) is 41.0 Å². The Hall–Kier alpha value is -2.19. The van der Waals surface area contributed by atoms with Gasteiger partial charge < -0.3 is 30.8 Å². The molecule has 1 aliphatic heterocycles. The molecule has 14 nitrogen and oxygen atoms in total. The van der Waals surface area contributed by atoms with E-state index in [1.165, 1.54) is 0 Å². The van der Waals surface area contributed by atoms with Crippen LogP contribution in [0.2, 0.25) is 0 Å². The number of carbonyl (C=O) groups is 2. The van der Waals surface area contributed by atoms with E-state index in [0.29, 0.717) is 0 Å². The number of amides is 2. The van der Waals surface area contributed by atoms with Crippen LogP contribution in [0.1, 0.15) is 30.6 Å². The predicted molar refractivity (Wildman–Crippen MR) is 133 cm³/mol. The van der Waals surface area contributed by atoms with Crippen molar-refractivity contribution in [1.29, 1.82) is 0 Å². The number of carboxylic acid groups (broad SMARTS) is 1. The second-order valence-electron chi connectivity index (χ2n) is 8.13. The second-order valence-corrected chi connectivity index (χ2v) is 12.0. The maximum Gasteiger partial charge on any atom is 0.481 e. The minimum atomic E-state index is -5.04. The second kappa shape index (κ2) is 12.6. The van der Waals surface area contributed by atoms with Crippen LogP contribution in [0.25, 0.3) is 10.4 Å². The van der Waals surface area contributed by atoms with Crippen molar-refractivity contribution in [1.82, 2.24) is 20.9 Å². The first-order chi connectivity index (χ1) is 17.3. The fourth-order valence-corrected chi connectivity index (χ4v) is 6.62. The quantitative estimate of drug-likeness (QED) is 0.159. The first kappa shape index (κ1) is 29.4. The van der Waals surface area contributed by atoms with E-state index in [2.05, 4.69) is 24.5 Å². The number of hydrogen-bond acceptors (Lipinski definition) is 10. The van der Waals surface area contributed by atoms with Crippen molar-refractivity contribution < 1.29 is 47.0 Å². The molecule has 37 heavy (non-hydrogen) atoms. The first-order valence-corrected chi connectivity index (χ1v) is 14.9. The molecule has 2 aromatic rings. The monoisotopic (exact) mass is 578 g/mol. The van der Waals surface area contributed by atoms with Crippen molar-refractivity contribution in [2.75, 3.05) is 19.7 Å². The molecule has 1 aromatic carbocycles. The number of phosphoric acid groups is 2. The van der Waals surface area contributed by atoms with E-state index in [4.69, 9.17) is 9.63 Å². The summed E-state index contributed by atoms with van der Waals surface area (Å²) in [5, 5.41) is 16.1. The molecule has 204 valence electrons. The molecule has 5 atom stereocenters. The van der Waals surface area contributed by atoms with Gasteiger partial charge in [-0.1, -0.05) is 24.3 Å². The maximum absolute atomic E-state index is 12.7. The minimum Gasteiger partial charge on any atom is -0.465 e. The molecule has 0 aliphatic carbocycles. The van der Waals surface area contributed by atoms with Crippen molar-refractivity contribution in [3.63, 3.8) is 0 Å². The summed E-state index contributed by atoms with van der Waals surface area (Å²) in [6, 6.07) is 6.71. The highest BCUT2D eigenvalue weighted by Crippen LogP contribution is 2.61. The highest BCUT2D eigenvalue weighted by Gasteiger charge is 2.40. The van der Waals surface area contributed by atoms with E-state index in [-0.39, 0.29) is 31.5 Å². The van der Waals surface area contributed by atoms with Crippen LogP contribution in [-0.2, 0) is 27.3 Å². The van der Waals surface area contributed by atoms with E-state index >= 15 is 0 Å². The summed E-state index contributed by atoms with van der Waals surface area (Å²) in [7, 11) is -10.1. The average Bonchev–Trinajstić information content (AvgIpc) is 3.44. The fraction of sp³-hybridized carbons (Fsp3) is 0.450. The summed E-state index contributed by atoms with van der Waals surface area (Å²) in [4.78, 5) is 47.8. The van der Waals surface area contributed by atoms with E-state index in [0.717, 1.165) is 21.7 Å². The van der Waals surface area contributed by atoms with E-state index < -0.39 is 40.5 Å². The van der Waals surface area contributed by atoms with Gasteiger partial charge in [0.2, 0.25) is 5.91 Å². The van der Waals surface area contributed by atoms with Crippen molar-refractivity contribution in [3.8, 4) is 10.4 Å². The van der Waals surface area contributed by atoms with Gasteiger partial charge in [0.25, 0.3) is 0 Å². The molecule has 1 aliphatic rings. The van der Waals surface area contributed by atoms with E-state index in [1.54, 1.807) is 16.8 Å². The van der Waals surface area contributed by atoms with Gasteiger partial charge in [0.1, 0.15) is 0 Å². The Kier molecular flexibility index (Phi) is 9.98. The zero-order chi connectivity index (χ0) is 27.2. The van der Waals surface area contributed by atoms with Gasteiger partial charge in [-0.15, -0.1) is 11.3 Å². The van der Waals surface area contributed by atoms with Gasteiger partial charge in [0.15, 0.2) is 0 Å². The molecular weight excluding hydrogens is 550 g/mol. The number of aryl methyl sites for hydroxylation is 1. The van der Waals surface area contributed by atoms with Gasteiger partial charge >= 0.3 is 21.7 Å². The lowest BCUT2D eigenvalue weighted by Gasteiger charge is -2.19. The lowest BCUT2D eigenvalue weighted by Crippen LogP contribution is -2.41. The molecule has 0 bridgehead atoms. The molecule has 3 unspecified atom stereocenters. The van der Waals surface area contributed by atoms with Crippen LogP contribution in [0.5, 0.6) is 0 Å². The predicted octanol–water partition coefficient (Wildman–Crippen LogP) is 2.54. The third-order valence-corrected chi connectivity index (χ3v) is 9.01. The zero-order valence-electron chi connectivity index (χ0n) is 19.9. The fourth-order valence-electron chi connectivity index (χ4n) is 3.56. The number of thiazole rings is 1. The summed E-state index contributed by atoms with van der Waals surface area (Å²) < 4.78 is 37.6. The number of benzene rings is 1. The molecule has 1 fully saturated rings. The SMILES string of the molecule is Cc1ncsc1-c1ccc(C(C)NC(=O)[C@@H]2C[C@@H](OP(=O)(O)OP(=O)(O)OCCNC(=O)O)CN2)cc1. The van der Waals surface area contributed by atoms with E-state index in [9.17, 15) is 28.5 Å². The lowest BCUT2D eigenvalue weighted by atomic mass is 10.0. The van der Waals surface area contributed by atoms with E-state index in [1.807, 2.05) is 43.4 Å². The van der Waals surface area contributed by atoms with Gasteiger partial charge in [0, 0.05) is 13.1 Å². The standard InChI is InChI=1S/C20H28N4O10P2S/c1-12(14-3-5-15(6-4-14)18-13(2)23-11-37-18)24-19(25)17-9-16(10-22-17)33-36(30,31)34-35(28,29)32-8-7-21-20(26)27/h3-6,11-12,16-17,21-22H,7-10H2,1-2H3,(H,24,25)(H,26,27)(H,28,29)(H,30,31)/t12?,16-,17+/m1/s1. The number of hydrogen-bond donors (Lipinski definition) is 6. The molecular formula is C20H28N4O10P2S. The van der Waals surface area contributed by atoms with Crippen LogP contribution in [-0.4, -0.2) is 63.7 Å². The molecule has 0 spiro atoms. The van der Waals surface area contributed by atoms with Crippen LogP contribution in [0.15, 0.2) is 29.8 Å². The summed E-state index contributed by atoms with van der Waals surface area (Å²) in [6.07, 6.45) is -2.33. The minimum absolute atomic E-state index is 0.00910. The molecule has 6 N–H and O–H groups in total. The third kappa shape index (κ3) is 8.95. The van der Waals surface area contributed by atoms with Gasteiger partial charge in [-0.25, -0.2) is 18.9 Å². The summed E-state index contributed by atoms with van der Waals surface area (Å²) in [6.45, 7) is 2.85. The maximum atomic E-state index is 12.7. The molecule has 3 rings (SSSR count). The van der Waals surface area contributed by atoms with Crippen molar-refractivity contribution in [2.24, 2.45) is 0 Å². The Bertz CT molecular complexity index is 1190. The molecule has 0 saturated carbocycles. The number of aromatic nitrogens is 1. The normalized spacial score (nSPS) is 21.5. The zero-order valence-corrected chi connectivity index (χ0v) is 22.5. The lowest BCUT2D eigenvalue weighted by molar-refractivity contribution is -0.123. The number of phosphoric ester groups is 2.